The number of carbonyl (C=O) groups is 4. The predicted molar refractivity (Wildman–Crippen MR) is 91.7 cm³/mol. The molecule has 1 aliphatic rings. The molecule has 1 heterocycles. The Morgan fingerprint density at radius 1 is 1.24 bits per heavy atom. The topological polar surface area (TPSA) is 90.0 Å². The summed E-state index contributed by atoms with van der Waals surface area (Å²) < 4.78 is 9.47. The van der Waals surface area contributed by atoms with Gasteiger partial charge < -0.3 is 9.47 Å². The van der Waals surface area contributed by atoms with Crippen LogP contribution in [0.4, 0.5) is 4.79 Å². The predicted octanol–water partition coefficient (Wildman–Crippen LogP) is 2.46. The first-order chi connectivity index (χ1) is 11.9. The summed E-state index contributed by atoms with van der Waals surface area (Å²) in [6, 6.07) is 5.40. The molecule has 25 heavy (non-hydrogen) atoms. The fourth-order valence-electron chi connectivity index (χ4n) is 2.17. The highest BCUT2D eigenvalue weighted by molar-refractivity contribution is 8.18. The molecular formula is C17H17NO6S. The van der Waals surface area contributed by atoms with Crippen LogP contribution in [0.5, 0.6) is 0 Å². The third-order valence-electron chi connectivity index (χ3n) is 3.47. The molecule has 7 nitrogen and oxygen atoms in total. The van der Waals surface area contributed by atoms with E-state index in [9.17, 15) is 19.2 Å². The lowest BCUT2D eigenvalue weighted by Crippen LogP contribution is -2.42. The van der Waals surface area contributed by atoms with Crippen LogP contribution in [0.2, 0.25) is 0 Å². The maximum atomic E-state index is 12.4. The average molecular weight is 363 g/mol. The van der Waals surface area contributed by atoms with E-state index in [0.717, 1.165) is 16.7 Å². The molecule has 2 rings (SSSR count). The third kappa shape index (κ3) is 4.08. The van der Waals surface area contributed by atoms with E-state index in [1.54, 1.807) is 31.2 Å². The molecule has 0 saturated carbocycles. The Kier molecular flexibility index (Phi) is 5.97. The lowest BCUT2D eigenvalue weighted by atomic mass is 10.1. The van der Waals surface area contributed by atoms with Crippen molar-refractivity contribution in [2.75, 3.05) is 13.7 Å². The van der Waals surface area contributed by atoms with Crippen molar-refractivity contribution in [2.45, 2.75) is 19.9 Å². The van der Waals surface area contributed by atoms with Gasteiger partial charge in [-0.1, -0.05) is 12.1 Å². The van der Waals surface area contributed by atoms with Crippen LogP contribution in [-0.4, -0.2) is 47.7 Å². The minimum absolute atomic E-state index is 0.168. The normalized spacial score (nSPS) is 16.9. The number of methoxy groups -OCH3 is 1. The van der Waals surface area contributed by atoms with Gasteiger partial charge in [0.05, 0.1) is 24.2 Å². The van der Waals surface area contributed by atoms with Crippen molar-refractivity contribution >= 4 is 40.9 Å². The van der Waals surface area contributed by atoms with Crippen molar-refractivity contribution in [2.24, 2.45) is 0 Å². The first-order valence-corrected chi connectivity index (χ1v) is 8.32. The van der Waals surface area contributed by atoms with Crippen molar-refractivity contribution in [3.05, 3.63) is 40.3 Å². The summed E-state index contributed by atoms with van der Waals surface area (Å²) in [5.41, 5.74) is 1.02. The van der Waals surface area contributed by atoms with Gasteiger partial charge in [0.15, 0.2) is 0 Å². The number of amides is 2. The molecule has 0 bridgehead atoms. The van der Waals surface area contributed by atoms with E-state index in [2.05, 4.69) is 4.74 Å². The number of thioether (sulfide) groups is 1. The Morgan fingerprint density at radius 2 is 1.88 bits per heavy atom. The van der Waals surface area contributed by atoms with E-state index in [4.69, 9.17) is 4.74 Å². The summed E-state index contributed by atoms with van der Waals surface area (Å²) in [6.07, 6.45) is 1.53. The molecule has 8 heteroatoms. The Balaban J connectivity index is 2.19. The van der Waals surface area contributed by atoms with Gasteiger partial charge in [0, 0.05) is 0 Å². The SMILES string of the molecule is CCOC(=O)C(C)N1C(=O)S/C(=C\c2ccc(C(=O)OC)cc2)C1=O. The minimum atomic E-state index is -0.986. The van der Waals surface area contributed by atoms with E-state index in [-0.39, 0.29) is 11.5 Å². The maximum absolute atomic E-state index is 12.4. The van der Waals surface area contributed by atoms with Gasteiger partial charge in [-0.25, -0.2) is 9.59 Å². The highest BCUT2D eigenvalue weighted by Gasteiger charge is 2.41. The lowest BCUT2D eigenvalue weighted by molar-refractivity contribution is -0.150. The first-order valence-electron chi connectivity index (χ1n) is 7.51. The van der Waals surface area contributed by atoms with Crippen LogP contribution < -0.4 is 0 Å². The van der Waals surface area contributed by atoms with Crippen LogP contribution in [0, 0.1) is 0 Å². The van der Waals surface area contributed by atoms with E-state index in [1.165, 1.54) is 20.1 Å². The molecule has 0 spiro atoms. The van der Waals surface area contributed by atoms with Crippen LogP contribution >= 0.6 is 11.8 Å². The molecule has 132 valence electrons. The van der Waals surface area contributed by atoms with Gasteiger partial charge in [-0.3, -0.25) is 14.5 Å². The highest BCUT2D eigenvalue weighted by atomic mass is 32.2. The number of ether oxygens (including phenoxy) is 2. The molecule has 0 aromatic heterocycles. The summed E-state index contributed by atoms with van der Waals surface area (Å²) >= 11 is 0.755. The monoisotopic (exact) mass is 363 g/mol. The number of rotatable bonds is 5. The van der Waals surface area contributed by atoms with Crippen LogP contribution in [0.1, 0.15) is 29.8 Å². The number of nitrogens with zero attached hydrogens (tertiary/aromatic N) is 1. The molecular weight excluding hydrogens is 346 g/mol. The Hall–Kier alpha value is -2.61. The third-order valence-corrected chi connectivity index (χ3v) is 4.35. The number of hydrogen-bond acceptors (Lipinski definition) is 7. The van der Waals surface area contributed by atoms with Gasteiger partial charge in [0.25, 0.3) is 11.1 Å². The summed E-state index contributed by atoms with van der Waals surface area (Å²) in [5, 5.41) is -0.525. The maximum Gasteiger partial charge on any atom is 0.337 e. The van der Waals surface area contributed by atoms with E-state index < -0.39 is 29.1 Å². The minimum Gasteiger partial charge on any atom is -0.465 e. The molecule has 0 N–H and O–H groups in total. The quantitative estimate of drug-likeness (QED) is 0.586. The molecule has 1 atom stereocenters. The van der Waals surface area contributed by atoms with Crippen LogP contribution in [0.3, 0.4) is 0 Å². The molecule has 1 aromatic rings. The largest absolute Gasteiger partial charge is 0.465 e. The van der Waals surface area contributed by atoms with Crippen molar-refractivity contribution < 1.29 is 28.7 Å². The Morgan fingerprint density at radius 3 is 2.44 bits per heavy atom. The van der Waals surface area contributed by atoms with Gasteiger partial charge in [-0.05, 0) is 49.4 Å². The Bertz CT molecular complexity index is 740. The molecule has 0 radical (unpaired) electrons. The molecule has 1 saturated heterocycles. The zero-order valence-corrected chi connectivity index (χ0v) is 14.8. The van der Waals surface area contributed by atoms with Crippen molar-refractivity contribution in [3.8, 4) is 0 Å². The molecule has 1 fully saturated rings. The van der Waals surface area contributed by atoms with Gasteiger partial charge in [0.2, 0.25) is 0 Å². The van der Waals surface area contributed by atoms with Crippen LogP contribution in [0.15, 0.2) is 29.2 Å². The summed E-state index contributed by atoms with van der Waals surface area (Å²) in [7, 11) is 1.29. The van der Waals surface area contributed by atoms with Crippen molar-refractivity contribution in [1.29, 1.82) is 0 Å². The number of benzene rings is 1. The molecule has 1 unspecified atom stereocenters. The zero-order valence-electron chi connectivity index (χ0n) is 14.0. The van der Waals surface area contributed by atoms with Gasteiger partial charge in [-0.15, -0.1) is 0 Å². The van der Waals surface area contributed by atoms with E-state index in [1.807, 2.05) is 0 Å². The van der Waals surface area contributed by atoms with E-state index in [0.29, 0.717) is 11.1 Å². The first kappa shape index (κ1) is 18.7. The molecule has 1 aliphatic heterocycles. The second-order valence-electron chi connectivity index (χ2n) is 5.09. The molecule has 0 aliphatic carbocycles. The summed E-state index contributed by atoms with van der Waals surface area (Å²) in [6.45, 7) is 3.26. The lowest BCUT2D eigenvalue weighted by Gasteiger charge is -2.19. The smallest absolute Gasteiger partial charge is 0.337 e. The standard InChI is InChI=1S/C17H17NO6S/c1-4-24-15(20)10(2)18-14(19)13(25-17(18)22)9-11-5-7-12(8-6-11)16(21)23-3/h5-10H,4H2,1-3H3/b13-9-. The van der Waals surface area contributed by atoms with Crippen molar-refractivity contribution in [3.63, 3.8) is 0 Å². The second-order valence-corrected chi connectivity index (χ2v) is 6.09. The van der Waals surface area contributed by atoms with Gasteiger partial charge >= 0.3 is 11.9 Å². The molecule has 2 amide bonds. The second kappa shape index (κ2) is 7.98. The Labute approximate surface area is 149 Å². The number of imide groups is 1. The number of carbonyl (C=O) groups excluding carboxylic acids is 4. The summed E-state index contributed by atoms with van der Waals surface area (Å²) in [5.74, 6) is -1.64. The van der Waals surface area contributed by atoms with E-state index >= 15 is 0 Å². The van der Waals surface area contributed by atoms with Gasteiger partial charge in [-0.2, -0.15) is 0 Å². The molecule has 1 aromatic carbocycles. The van der Waals surface area contributed by atoms with Crippen molar-refractivity contribution in [1.82, 2.24) is 4.90 Å². The number of hydrogen-bond donors (Lipinski definition) is 0. The average Bonchev–Trinajstić information content (AvgIpc) is 2.88. The fourth-order valence-corrected chi connectivity index (χ4v) is 3.07. The summed E-state index contributed by atoms with van der Waals surface area (Å²) in [4.78, 5) is 48.8. The fraction of sp³-hybridized carbons (Fsp3) is 0.294. The highest BCUT2D eigenvalue weighted by Crippen LogP contribution is 2.33. The van der Waals surface area contributed by atoms with Crippen LogP contribution in [0.25, 0.3) is 6.08 Å². The van der Waals surface area contributed by atoms with Crippen LogP contribution in [-0.2, 0) is 19.1 Å². The van der Waals surface area contributed by atoms with Gasteiger partial charge in [0.1, 0.15) is 6.04 Å². The number of esters is 2. The zero-order chi connectivity index (χ0) is 18.6.